The summed E-state index contributed by atoms with van der Waals surface area (Å²) < 4.78 is 4.44. The average Bonchev–Trinajstić information content (AvgIpc) is 3.69. The normalized spacial score (nSPS) is 11.1. The second-order valence-electron chi connectivity index (χ2n) is 12.3. The van der Waals surface area contributed by atoms with Crippen LogP contribution in [0.5, 0.6) is 0 Å². The van der Waals surface area contributed by atoms with Gasteiger partial charge in [-0.2, -0.15) is 15.8 Å². The summed E-state index contributed by atoms with van der Waals surface area (Å²) in [6.45, 7) is 0. The Labute approximate surface area is 287 Å². The topological polar surface area (TPSA) is 81.2 Å². The van der Waals surface area contributed by atoms with Crippen LogP contribution in [0.4, 0.5) is 0 Å². The zero-order valence-electron chi connectivity index (χ0n) is 26.7. The molecule has 50 heavy (non-hydrogen) atoms. The van der Waals surface area contributed by atoms with Gasteiger partial charge in [-0.05, 0) is 83.9 Å². The Bertz CT molecular complexity index is 2960. The highest BCUT2D eigenvalue weighted by molar-refractivity contribution is 6.11. The molecule has 9 aromatic rings. The summed E-state index contributed by atoms with van der Waals surface area (Å²) in [6.07, 6.45) is 0. The van der Waals surface area contributed by atoms with Gasteiger partial charge in [-0.3, -0.25) is 0 Å². The molecular formula is C45H25N5. The summed E-state index contributed by atoms with van der Waals surface area (Å²) in [5.74, 6) is 0. The molecule has 0 radical (unpaired) electrons. The Morgan fingerprint density at radius 1 is 0.380 bits per heavy atom. The van der Waals surface area contributed by atoms with E-state index in [0.717, 1.165) is 77.2 Å². The van der Waals surface area contributed by atoms with Crippen molar-refractivity contribution < 1.29 is 0 Å². The molecule has 0 bridgehead atoms. The quantitative estimate of drug-likeness (QED) is 0.193. The molecule has 2 heterocycles. The van der Waals surface area contributed by atoms with Gasteiger partial charge in [0.15, 0.2) is 0 Å². The van der Waals surface area contributed by atoms with Gasteiger partial charge in [0.1, 0.15) is 0 Å². The summed E-state index contributed by atoms with van der Waals surface area (Å²) in [5, 5.41) is 33.9. The van der Waals surface area contributed by atoms with E-state index in [0.29, 0.717) is 16.7 Å². The van der Waals surface area contributed by atoms with E-state index in [1.807, 2.05) is 84.9 Å². The lowest BCUT2D eigenvalue weighted by atomic mass is 9.94. The number of benzene rings is 7. The van der Waals surface area contributed by atoms with Crippen molar-refractivity contribution in [1.29, 1.82) is 15.8 Å². The molecule has 5 heteroatoms. The van der Waals surface area contributed by atoms with Crippen LogP contribution in [0.2, 0.25) is 0 Å². The summed E-state index contributed by atoms with van der Waals surface area (Å²) in [5.41, 5.74) is 11.7. The lowest BCUT2D eigenvalue weighted by molar-refractivity contribution is 1.18. The van der Waals surface area contributed by atoms with Crippen LogP contribution in [-0.2, 0) is 0 Å². The van der Waals surface area contributed by atoms with Crippen molar-refractivity contribution in [3.63, 3.8) is 0 Å². The molecule has 0 spiro atoms. The highest BCUT2D eigenvalue weighted by Crippen LogP contribution is 2.39. The van der Waals surface area contributed by atoms with Crippen molar-refractivity contribution in [3.05, 3.63) is 168 Å². The maximum atomic E-state index is 10.3. The van der Waals surface area contributed by atoms with E-state index in [-0.39, 0.29) is 0 Å². The third kappa shape index (κ3) is 4.38. The van der Waals surface area contributed by atoms with Crippen LogP contribution < -0.4 is 0 Å². The van der Waals surface area contributed by atoms with Gasteiger partial charge in [0.2, 0.25) is 0 Å². The SMILES string of the molecule is N#Cc1ccc2c(c1)c1ccccc1n2-c1ccccc1-c1cc(-c2ccc(-n3c4ccccc4c4ccc(C#N)cc43)cc2)ccc1C#N. The molecule has 0 atom stereocenters. The standard InChI is InChI=1S/C45H25N5/c46-26-29-14-22-44-40(23-29)37-9-3-6-12-43(37)50(44)42-11-5-2-8-36(42)39-25-32(15-16-33(39)28-48)31-17-19-34(20-18-31)49-41-10-4-1-7-35(41)38-21-13-30(27-47)24-45(38)49/h1-25H. The van der Waals surface area contributed by atoms with E-state index in [4.69, 9.17) is 0 Å². The zero-order chi connectivity index (χ0) is 33.8. The Kier molecular flexibility index (Phi) is 6.56. The van der Waals surface area contributed by atoms with Crippen molar-refractivity contribution in [2.24, 2.45) is 0 Å². The molecular weight excluding hydrogens is 611 g/mol. The molecule has 0 aliphatic heterocycles. The molecule has 230 valence electrons. The van der Waals surface area contributed by atoms with Gasteiger partial charge in [-0.15, -0.1) is 0 Å². The minimum Gasteiger partial charge on any atom is -0.309 e. The average molecular weight is 636 g/mol. The number of hydrogen-bond donors (Lipinski definition) is 0. The first-order chi connectivity index (χ1) is 24.7. The second kappa shape index (κ2) is 11.4. The Balaban J connectivity index is 1.19. The Hall–Kier alpha value is -7.39. The molecule has 5 nitrogen and oxygen atoms in total. The molecule has 0 unspecified atom stereocenters. The molecule has 9 rings (SSSR count). The summed E-state index contributed by atoms with van der Waals surface area (Å²) >= 11 is 0. The molecule has 2 aromatic heterocycles. The number of aromatic nitrogens is 2. The fourth-order valence-electron chi connectivity index (χ4n) is 7.36. The molecule has 7 aromatic carbocycles. The van der Waals surface area contributed by atoms with Crippen LogP contribution in [0.15, 0.2) is 152 Å². The van der Waals surface area contributed by atoms with Crippen molar-refractivity contribution in [1.82, 2.24) is 9.13 Å². The molecule has 0 aliphatic rings. The van der Waals surface area contributed by atoms with E-state index in [1.165, 1.54) is 0 Å². The van der Waals surface area contributed by atoms with E-state index < -0.39 is 0 Å². The Morgan fingerprint density at radius 2 is 0.980 bits per heavy atom. The number of rotatable bonds is 4. The minimum absolute atomic E-state index is 0.587. The largest absolute Gasteiger partial charge is 0.309 e. The predicted octanol–water partition coefficient (Wildman–Crippen LogP) is 10.8. The highest BCUT2D eigenvalue weighted by Gasteiger charge is 2.18. The molecule has 0 saturated heterocycles. The number of hydrogen-bond acceptors (Lipinski definition) is 3. The minimum atomic E-state index is 0.587. The van der Waals surface area contributed by atoms with Gasteiger partial charge in [-0.1, -0.05) is 78.9 Å². The summed E-state index contributed by atoms with van der Waals surface area (Å²) in [6, 6.07) is 57.8. The van der Waals surface area contributed by atoms with E-state index in [9.17, 15) is 15.8 Å². The highest BCUT2D eigenvalue weighted by atomic mass is 15.0. The second-order valence-corrected chi connectivity index (χ2v) is 12.3. The van der Waals surface area contributed by atoms with E-state index in [2.05, 4.69) is 94.1 Å². The van der Waals surface area contributed by atoms with Crippen molar-refractivity contribution in [3.8, 4) is 51.8 Å². The zero-order valence-corrected chi connectivity index (χ0v) is 26.7. The van der Waals surface area contributed by atoms with E-state index in [1.54, 1.807) is 0 Å². The van der Waals surface area contributed by atoms with Gasteiger partial charge in [0.25, 0.3) is 0 Å². The lowest BCUT2D eigenvalue weighted by Gasteiger charge is -2.16. The lowest BCUT2D eigenvalue weighted by Crippen LogP contribution is -1.98. The maximum absolute atomic E-state index is 10.3. The fraction of sp³-hybridized carbons (Fsp3) is 0. The van der Waals surface area contributed by atoms with Crippen LogP contribution in [0.1, 0.15) is 16.7 Å². The molecule has 0 amide bonds. The monoisotopic (exact) mass is 635 g/mol. The molecule has 0 aliphatic carbocycles. The summed E-state index contributed by atoms with van der Waals surface area (Å²) in [7, 11) is 0. The third-order valence-corrected chi connectivity index (χ3v) is 9.64. The van der Waals surface area contributed by atoms with Crippen LogP contribution in [0.3, 0.4) is 0 Å². The number of para-hydroxylation sites is 3. The van der Waals surface area contributed by atoms with E-state index >= 15 is 0 Å². The molecule has 0 saturated carbocycles. The molecule has 0 N–H and O–H groups in total. The molecule has 0 fully saturated rings. The number of nitrogens with zero attached hydrogens (tertiary/aromatic N) is 5. The fourth-order valence-corrected chi connectivity index (χ4v) is 7.36. The van der Waals surface area contributed by atoms with Crippen LogP contribution >= 0.6 is 0 Å². The van der Waals surface area contributed by atoms with Crippen LogP contribution in [-0.4, -0.2) is 9.13 Å². The first-order valence-corrected chi connectivity index (χ1v) is 16.3. The van der Waals surface area contributed by atoms with Crippen molar-refractivity contribution in [2.75, 3.05) is 0 Å². The number of nitriles is 3. The van der Waals surface area contributed by atoms with Gasteiger partial charge in [-0.25, -0.2) is 0 Å². The van der Waals surface area contributed by atoms with Crippen LogP contribution in [0.25, 0.3) is 77.2 Å². The van der Waals surface area contributed by atoms with Gasteiger partial charge in [0, 0.05) is 38.4 Å². The van der Waals surface area contributed by atoms with Gasteiger partial charge in [0.05, 0.1) is 62.7 Å². The third-order valence-electron chi connectivity index (χ3n) is 9.64. The van der Waals surface area contributed by atoms with Crippen LogP contribution in [0, 0.1) is 34.0 Å². The maximum Gasteiger partial charge on any atom is 0.0998 e. The smallest absolute Gasteiger partial charge is 0.0998 e. The van der Waals surface area contributed by atoms with Gasteiger partial charge < -0.3 is 9.13 Å². The number of fused-ring (bicyclic) bond motifs is 6. The first-order valence-electron chi connectivity index (χ1n) is 16.3. The van der Waals surface area contributed by atoms with Crippen molar-refractivity contribution >= 4 is 43.6 Å². The first kappa shape index (κ1) is 28.8. The van der Waals surface area contributed by atoms with Crippen molar-refractivity contribution in [2.45, 2.75) is 0 Å². The Morgan fingerprint density at radius 3 is 1.74 bits per heavy atom. The van der Waals surface area contributed by atoms with Gasteiger partial charge >= 0.3 is 0 Å². The predicted molar refractivity (Wildman–Crippen MR) is 200 cm³/mol. The summed E-state index contributed by atoms with van der Waals surface area (Å²) in [4.78, 5) is 0.